The molecule has 122 valence electrons. The summed E-state index contributed by atoms with van der Waals surface area (Å²) in [5.74, 6) is 3.44. The fourth-order valence-electron chi connectivity index (χ4n) is 2.85. The van der Waals surface area contributed by atoms with Gasteiger partial charge in [-0.25, -0.2) is 8.51 Å². The van der Waals surface area contributed by atoms with Crippen molar-refractivity contribution in [3.63, 3.8) is 0 Å². The van der Waals surface area contributed by atoms with E-state index in [0.717, 1.165) is 25.1 Å². The first-order valence-electron chi connectivity index (χ1n) is 7.60. The molecule has 23 heavy (non-hydrogen) atoms. The average Bonchev–Trinajstić information content (AvgIpc) is 3.07. The largest absolute Gasteiger partial charge is 0.366 e. The van der Waals surface area contributed by atoms with Crippen LogP contribution in [0.1, 0.15) is 12.0 Å². The molecule has 2 heterocycles. The maximum absolute atomic E-state index is 13.1. The van der Waals surface area contributed by atoms with Gasteiger partial charge in [0, 0.05) is 30.1 Å². The van der Waals surface area contributed by atoms with Crippen molar-refractivity contribution in [3.8, 4) is 0 Å². The third-order valence-corrected chi connectivity index (χ3v) is 6.40. The Hall–Kier alpha value is -1.89. The lowest BCUT2D eigenvalue weighted by Crippen LogP contribution is -2.30. The highest BCUT2D eigenvalue weighted by molar-refractivity contribution is 7.98. The molecule has 2 aliphatic heterocycles. The van der Waals surface area contributed by atoms with E-state index in [9.17, 15) is 9.00 Å². The molecule has 0 saturated carbocycles. The normalized spacial score (nSPS) is 21.4. The number of nitrogens with one attached hydrogen (secondary N) is 1. The van der Waals surface area contributed by atoms with Gasteiger partial charge in [0.2, 0.25) is 5.91 Å². The van der Waals surface area contributed by atoms with Crippen molar-refractivity contribution in [3.05, 3.63) is 47.6 Å². The predicted octanol–water partition coefficient (Wildman–Crippen LogP) is 0.781. The van der Waals surface area contributed by atoms with Gasteiger partial charge in [0.25, 0.3) is 0 Å². The van der Waals surface area contributed by atoms with Gasteiger partial charge in [-0.2, -0.15) is 0 Å². The zero-order chi connectivity index (χ0) is 16.4. The first-order chi connectivity index (χ1) is 11.0. The minimum absolute atomic E-state index is 0.288. The number of amides is 1. The molecule has 3 rings (SSSR count). The summed E-state index contributed by atoms with van der Waals surface area (Å²) in [4.78, 5) is 11.9. The second kappa shape index (κ2) is 6.31. The summed E-state index contributed by atoms with van der Waals surface area (Å²) in [5, 5.41) is 3.29. The molecule has 3 N–H and O–H groups in total. The van der Waals surface area contributed by atoms with Crippen LogP contribution in [0.2, 0.25) is 0 Å². The molecule has 0 fully saturated rings. The molecule has 0 radical (unpaired) electrons. The number of hydrogen-bond donors (Lipinski definition) is 2. The van der Waals surface area contributed by atoms with Crippen LogP contribution in [0.4, 0.5) is 0 Å². The van der Waals surface area contributed by atoms with Crippen LogP contribution in [-0.4, -0.2) is 46.5 Å². The number of benzene rings is 1. The van der Waals surface area contributed by atoms with Crippen molar-refractivity contribution in [2.45, 2.75) is 11.3 Å². The van der Waals surface area contributed by atoms with Crippen LogP contribution in [0.5, 0.6) is 0 Å². The summed E-state index contributed by atoms with van der Waals surface area (Å²) in [6.07, 6.45) is 4.90. The second-order valence-corrected chi connectivity index (χ2v) is 8.03. The fourth-order valence-corrected chi connectivity index (χ4v) is 4.37. The molecule has 6 heteroatoms. The number of nitrogens with two attached hydrogens (primary N) is 1. The number of primary amides is 1. The minimum Gasteiger partial charge on any atom is -0.366 e. The van der Waals surface area contributed by atoms with Crippen LogP contribution in [-0.2, 0) is 14.5 Å². The molecule has 1 amide bonds. The Bertz CT molecular complexity index is 777. The van der Waals surface area contributed by atoms with E-state index in [1.165, 1.54) is 5.57 Å². The van der Waals surface area contributed by atoms with Crippen LogP contribution in [0, 0.1) is 0 Å². The van der Waals surface area contributed by atoms with E-state index in [1.807, 2.05) is 24.3 Å². The average molecular weight is 331 g/mol. The van der Waals surface area contributed by atoms with Crippen LogP contribution >= 0.6 is 0 Å². The van der Waals surface area contributed by atoms with Crippen molar-refractivity contribution in [2.75, 3.05) is 26.2 Å². The Morgan fingerprint density at radius 2 is 2.00 bits per heavy atom. The highest BCUT2D eigenvalue weighted by Gasteiger charge is 2.25. The van der Waals surface area contributed by atoms with Crippen LogP contribution in [0.25, 0.3) is 5.57 Å². The molecular formula is C17H21N3O2S. The highest BCUT2D eigenvalue weighted by Crippen LogP contribution is 2.24. The molecule has 0 spiro atoms. The van der Waals surface area contributed by atoms with Gasteiger partial charge in [-0.1, -0.05) is 24.3 Å². The van der Waals surface area contributed by atoms with Crippen molar-refractivity contribution in [1.29, 1.82) is 0 Å². The Balaban J connectivity index is 1.79. The Kier molecular flexibility index (Phi) is 4.39. The predicted molar refractivity (Wildman–Crippen MR) is 94.3 cm³/mol. The van der Waals surface area contributed by atoms with Crippen LogP contribution in [0.15, 0.2) is 46.9 Å². The number of carbonyl (C=O) groups is 1. The van der Waals surface area contributed by atoms with E-state index in [0.29, 0.717) is 17.0 Å². The van der Waals surface area contributed by atoms with E-state index in [-0.39, 0.29) is 6.54 Å². The first kappa shape index (κ1) is 16.0. The number of rotatable bonds is 4. The Morgan fingerprint density at radius 3 is 2.57 bits per heavy atom. The van der Waals surface area contributed by atoms with Gasteiger partial charge in [0.05, 0.1) is 9.71 Å². The Labute approximate surface area is 137 Å². The lowest BCUT2D eigenvalue weighted by molar-refractivity contribution is -0.114. The summed E-state index contributed by atoms with van der Waals surface area (Å²) in [7, 11) is -2.61. The number of nitrogens with zero attached hydrogens (tertiary/aromatic N) is 1. The van der Waals surface area contributed by atoms with Crippen molar-refractivity contribution in [1.82, 2.24) is 9.62 Å². The summed E-state index contributed by atoms with van der Waals surface area (Å²) in [6.45, 7) is 2.59. The van der Waals surface area contributed by atoms with Gasteiger partial charge < -0.3 is 11.1 Å². The monoisotopic (exact) mass is 331 g/mol. The topological polar surface area (TPSA) is 75.4 Å². The zero-order valence-electron chi connectivity index (χ0n) is 13.0. The SMILES string of the molecule is C=S(=O)(c1ccc(C2=CCNCC2)cc1)N1CC=C(C(N)=O)C1. The van der Waals surface area contributed by atoms with Crippen LogP contribution in [0.3, 0.4) is 0 Å². The molecule has 0 bridgehead atoms. The van der Waals surface area contributed by atoms with Crippen molar-refractivity contribution >= 4 is 27.1 Å². The summed E-state index contributed by atoms with van der Waals surface area (Å²) in [5.41, 5.74) is 8.25. The first-order valence-corrected chi connectivity index (χ1v) is 9.28. The molecule has 0 aliphatic carbocycles. The maximum Gasteiger partial charge on any atom is 0.245 e. The molecule has 1 aromatic rings. The molecule has 0 saturated heterocycles. The van der Waals surface area contributed by atoms with E-state index in [2.05, 4.69) is 17.3 Å². The quantitative estimate of drug-likeness (QED) is 0.801. The lowest BCUT2D eigenvalue weighted by Gasteiger charge is -2.22. The third kappa shape index (κ3) is 3.24. The zero-order valence-corrected chi connectivity index (χ0v) is 13.8. The van der Waals surface area contributed by atoms with Crippen molar-refractivity contribution < 1.29 is 9.00 Å². The number of carbonyl (C=O) groups excluding carboxylic acids is 1. The maximum atomic E-state index is 13.1. The highest BCUT2D eigenvalue weighted by atomic mass is 32.2. The van der Waals surface area contributed by atoms with Gasteiger partial charge in [-0.3, -0.25) is 4.79 Å². The third-order valence-electron chi connectivity index (χ3n) is 4.28. The summed E-state index contributed by atoms with van der Waals surface area (Å²) < 4.78 is 14.8. The Morgan fingerprint density at radius 1 is 1.26 bits per heavy atom. The van der Waals surface area contributed by atoms with Gasteiger partial charge in [0.15, 0.2) is 0 Å². The molecular weight excluding hydrogens is 310 g/mol. The molecule has 1 aromatic carbocycles. The van der Waals surface area contributed by atoms with E-state index < -0.39 is 15.6 Å². The van der Waals surface area contributed by atoms with Crippen LogP contribution < -0.4 is 11.1 Å². The summed E-state index contributed by atoms with van der Waals surface area (Å²) in [6, 6.07) is 7.73. The fraction of sp³-hybridized carbons (Fsp3) is 0.294. The molecule has 1 atom stereocenters. The van der Waals surface area contributed by atoms with Gasteiger partial charge in [0.1, 0.15) is 0 Å². The van der Waals surface area contributed by atoms with Gasteiger partial charge in [-0.05, 0) is 42.1 Å². The van der Waals surface area contributed by atoms with Gasteiger partial charge >= 0.3 is 0 Å². The molecule has 5 nitrogen and oxygen atoms in total. The lowest BCUT2D eigenvalue weighted by atomic mass is 10.0. The minimum atomic E-state index is -2.61. The number of hydrogen-bond acceptors (Lipinski definition) is 3. The molecule has 1 unspecified atom stereocenters. The van der Waals surface area contributed by atoms with Gasteiger partial charge in [-0.15, -0.1) is 0 Å². The van der Waals surface area contributed by atoms with E-state index in [4.69, 9.17) is 5.73 Å². The standard InChI is InChI=1S/C17H21N3O2S/c1-23(22,20-11-8-15(12-20)17(18)21)16-4-2-13(3-5-16)14-6-9-19-10-7-14/h2-6,8,19H,1,7,9-12H2,(H2,18,21). The second-order valence-electron chi connectivity index (χ2n) is 5.76. The molecule has 0 aromatic heterocycles. The molecule has 2 aliphatic rings. The summed E-state index contributed by atoms with van der Waals surface area (Å²) >= 11 is 0. The van der Waals surface area contributed by atoms with E-state index >= 15 is 0 Å². The smallest absolute Gasteiger partial charge is 0.245 e. The van der Waals surface area contributed by atoms with E-state index in [1.54, 1.807) is 10.4 Å². The van der Waals surface area contributed by atoms with Crippen molar-refractivity contribution in [2.24, 2.45) is 5.73 Å².